The molecule has 1 aliphatic heterocycles. The van der Waals surface area contributed by atoms with Gasteiger partial charge in [0.25, 0.3) is 0 Å². The number of methoxy groups -OCH3 is 1. The minimum absolute atomic E-state index is 0.119. The molecule has 4 aromatic carbocycles. The molecule has 0 unspecified atom stereocenters. The van der Waals surface area contributed by atoms with Crippen molar-refractivity contribution < 1.29 is 4.74 Å². The van der Waals surface area contributed by atoms with E-state index in [0.717, 1.165) is 53.7 Å². The number of hydrazone groups is 1. The zero-order valence-corrected chi connectivity index (χ0v) is 23.1. The molecule has 7 heteroatoms. The van der Waals surface area contributed by atoms with E-state index in [-0.39, 0.29) is 6.04 Å². The summed E-state index contributed by atoms with van der Waals surface area (Å²) in [5, 5.41) is 8.02. The molecule has 0 saturated heterocycles. The van der Waals surface area contributed by atoms with E-state index in [0.29, 0.717) is 12.4 Å². The molecule has 0 fully saturated rings. The van der Waals surface area contributed by atoms with Crippen LogP contribution in [-0.4, -0.2) is 22.8 Å². The van der Waals surface area contributed by atoms with Gasteiger partial charge in [-0.1, -0.05) is 92.5 Å². The lowest BCUT2D eigenvalue weighted by atomic mass is 9.98. The maximum absolute atomic E-state index is 5.75. The van der Waals surface area contributed by atoms with Gasteiger partial charge in [-0.3, -0.25) is 0 Å². The fraction of sp³-hybridized carbons (Fsp3) is 0.100. The van der Waals surface area contributed by atoms with Crippen LogP contribution >= 0.6 is 31.9 Å². The first-order valence-corrected chi connectivity index (χ1v) is 13.5. The van der Waals surface area contributed by atoms with E-state index in [2.05, 4.69) is 68.3 Å². The fourth-order valence-corrected chi connectivity index (χ4v) is 5.33. The van der Waals surface area contributed by atoms with Crippen molar-refractivity contribution in [2.75, 3.05) is 12.1 Å². The van der Waals surface area contributed by atoms with E-state index < -0.39 is 0 Å². The van der Waals surface area contributed by atoms with Crippen molar-refractivity contribution in [2.24, 2.45) is 5.10 Å². The molecule has 5 nitrogen and oxygen atoms in total. The van der Waals surface area contributed by atoms with Crippen LogP contribution in [0.3, 0.4) is 0 Å². The summed E-state index contributed by atoms with van der Waals surface area (Å²) in [6.07, 6.45) is 0.699. The number of ether oxygens (including phenoxy) is 1. The van der Waals surface area contributed by atoms with Gasteiger partial charge in [0.05, 0.1) is 30.1 Å². The van der Waals surface area contributed by atoms with E-state index in [1.165, 1.54) is 0 Å². The molecule has 182 valence electrons. The summed E-state index contributed by atoms with van der Waals surface area (Å²) in [6.45, 7) is 0. The number of hydrogen-bond donors (Lipinski definition) is 0. The van der Waals surface area contributed by atoms with Crippen molar-refractivity contribution in [3.05, 3.63) is 117 Å². The van der Waals surface area contributed by atoms with Gasteiger partial charge < -0.3 is 4.74 Å². The van der Waals surface area contributed by atoms with E-state index in [9.17, 15) is 0 Å². The second kappa shape index (κ2) is 10.1. The Morgan fingerprint density at radius 2 is 1.51 bits per heavy atom. The zero-order chi connectivity index (χ0) is 25.4. The van der Waals surface area contributed by atoms with Gasteiger partial charge in [-0.05, 0) is 42.0 Å². The highest BCUT2D eigenvalue weighted by molar-refractivity contribution is 9.10. The molecule has 0 spiro atoms. The number of rotatable bonds is 5. The van der Waals surface area contributed by atoms with Crippen molar-refractivity contribution in [2.45, 2.75) is 12.5 Å². The lowest BCUT2D eigenvalue weighted by molar-refractivity contribution is 0.405. The minimum Gasteiger partial charge on any atom is -0.496 e. The summed E-state index contributed by atoms with van der Waals surface area (Å²) in [5.74, 6) is 1.37. The first-order valence-electron chi connectivity index (χ1n) is 11.9. The molecule has 0 aliphatic carbocycles. The predicted octanol–water partition coefficient (Wildman–Crippen LogP) is 8.19. The highest BCUT2D eigenvalue weighted by Gasteiger charge is 2.34. The molecule has 1 aromatic heterocycles. The second-order valence-corrected chi connectivity index (χ2v) is 10.6. The molecule has 0 bridgehead atoms. The SMILES string of the molecule is COc1ccccc1[C@H]1CC(c2ccc(Br)cc2)=NN1c1nc(-c2ccccc2)c2cc(Br)ccc2n1. The van der Waals surface area contributed by atoms with Crippen LogP contribution in [-0.2, 0) is 0 Å². The molecule has 6 rings (SSSR count). The third-order valence-corrected chi connectivity index (χ3v) is 7.51. The van der Waals surface area contributed by atoms with Gasteiger partial charge in [0, 0.05) is 31.9 Å². The van der Waals surface area contributed by atoms with Crippen LogP contribution in [0.15, 0.2) is 111 Å². The van der Waals surface area contributed by atoms with Gasteiger partial charge in [0.15, 0.2) is 0 Å². The Morgan fingerprint density at radius 1 is 0.784 bits per heavy atom. The summed E-state index contributed by atoms with van der Waals surface area (Å²) in [7, 11) is 1.70. The number of nitrogens with zero attached hydrogens (tertiary/aromatic N) is 4. The molecular weight excluding hydrogens is 592 g/mol. The van der Waals surface area contributed by atoms with Crippen molar-refractivity contribution in [3.8, 4) is 17.0 Å². The van der Waals surface area contributed by atoms with Crippen molar-refractivity contribution >= 4 is 54.4 Å². The maximum atomic E-state index is 5.75. The van der Waals surface area contributed by atoms with Crippen molar-refractivity contribution in [1.82, 2.24) is 9.97 Å². The third-order valence-electron chi connectivity index (χ3n) is 6.48. The first kappa shape index (κ1) is 23.8. The summed E-state index contributed by atoms with van der Waals surface area (Å²) < 4.78 is 7.76. The lowest BCUT2D eigenvalue weighted by Crippen LogP contribution is -2.21. The van der Waals surface area contributed by atoms with Gasteiger partial charge in [-0.25, -0.2) is 15.0 Å². The van der Waals surface area contributed by atoms with Gasteiger partial charge >= 0.3 is 0 Å². The first-order chi connectivity index (χ1) is 18.1. The van der Waals surface area contributed by atoms with Gasteiger partial charge in [-0.2, -0.15) is 5.10 Å². The predicted molar refractivity (Wildman–Crippen MR) is 156 cm³/mol. The Kier molecular flexibility index (Phi) is 6.49. The number of aromatic nitrogens is 2. The number of halogens is 2. The van der Waals surface area contributed by atoms with Crippen LogP contribution < -0.4 is 9.75 Å². The van der Waals surface area contributed by atoms with Crippen LogP contribution in [0.5, 0.6) is 5.75 Å². The Morgan fingerprint density at radius 3 is 2.30 bits per heavy atom. The van der Waals surface area contributed by atoms with Crippen LogP contribution in [0.4, 0.5) is 5.95 Å². The number of para-hydroxylation sites is 1. The van der Waals surface area contributed by atoms with E-state index in [4.69, 9.17) is 19.8 Å². The molecule has 37 heavy (non-hydrogen) atoms. The summed E-state index contributed by atoms with van der Waals surface area (Å²) in [5.41, 5.74) is 5.84. The molecule has 0 N–H and O–H groups in total. The maximum Gasteiger partial charge on any atom is 0.247 e. The number of benzene rings is 4. The Balaban J connectivity index is 1.55. The van der Waals surface area contributed by atoms with Crippen LogP contribution in [0.1, 0.15) is 23.6 Å². The van der Waals surface area contributed by atoms with E-state index in [1.54, 1.807) is 7.11 Å². The van der Waals surface area contributed by atoms with Crippen LogP contribution in [0, 0.1) is 0 Å². The summed E-state index contributed by atoms with van der Waals surface area (Å²) in [4.78, 5) is 10.1. The summed E-state index contributed by atoms with van der Waals surface area (Å²) in [6, 6.07) is 32.5. The Labute approximate surface area is 232 Å². The number of hydrogen-bond acceptors (Lipinski definition) is 5. The van der Waals surface area contributed by atoms with Gasteiger partial charge in [0.1, 0.15) is 5.75 Å². The minimum atomic E-state index is -0.119. The largest absolute Gasteiger partial charge is 0.496 e. The highest BCUT2D eigenvalue weighted by Crippen LogP contribution is 2.40. The standard InChI is InChI=1S/C30H22Br2N4O/c1-37-28-10-6-5-9-23(28)27-18-26(19-11-13-21(31)14-12-19)35-36(27)30-33-25-16-15-22(32)17-24(25)29(34-30)20-7-3-2-4-8-20/h2-17,27H,18H2,1H3/t27-/m1/s1. The highest BCUT2D eigenvalue weighted by atomic mass is 79.9. The zero-order valence-electron chi connectivity index (χ0n) is 20.0. The number of fused-ring (bicyclic) bond motifs is 1. The molecule has 1 atom stereocenters. The van der Waals surface area contributed by atoms with Crippen molar-refractivity contribution in [1.29, 1.82) is 0 Å². The molecule has 1 aliphatic rings. The second-order valence-electron chi connectivity index (χ2n) is 8.76. The van der Waals surface area contributed by atoms with Crippen LogP contribution in [0.2, 0.25) is 0 Å². The lowest BCUT2D eigenvalue weighted by Gasteiger charge is -2.24. The fourth-order valence-electron chi connectivity index (χ4n) is 4.70. The monoisotopic (exact) mass is 612 g/mol. The third kappa shape index (κ3) is 4.65. The average molecular weight is 614 g/mol. The molecule has 2 heterocycles. The van der Waals surface area contributed by atoms with Crippen molar-refractivity contribution in [3.63, 3.8) is 0 Å². The van der Waals surface area contributed by atoms with Gasteiger partial charge in [-0.15, -0.1) is 0 Å². The van der Waals surface area contributed by atoms with E-state index >= 15 is 0 Å². The smallest absolute Gasteiger partial charge is 0.247 e. The molecular formula is C30H22Br2N4O. The molecule has 0 amide bonds. The van der Waals surface area contributed by atoms with Gasteiger partial charge in [0.2, 0.25) is 5.95 Å². The van der Waals surface area contributed by atoms with Crippen LogP contribution in [0.25, 0.3) is 22.2 Å². The number of anilines is 1. The Bertz CT molecular complexity index is 1620. The topological polar surface area (TPSA) is 50.6 Å². The van der Waals surface area contributed by atoms with E-state index in [1.807, 2.05) is 65.7 Å². The normalized spacial score (nSPS) is 15.2. The quantitative estimate of drug-likeness (QED) is 0.200. The molecule has 0 saturated carbocycles. The molecule has 5 aromatic rings. The average Bonchev–Trinajstić information content (AvgIpc) is 3.38. The molecule has 0 radical (unpaired) electrons. The Hall–Kier alpha value is -3.55. The summed E-state index contributed by atoms with van der Waals surface area (Å²) >= 11 is 7.15.